The van der Waals surface area contributed by atoms with Crippen LogP contribution in [-0.2, 0) is 10.0 Å². The molecule has 0 radical (unpaired) electrons. The van der Waals surface area contributed by atoms with Gasteiger partial charge >= 0.3 is 0 Å². The maximum absolute atomic E-state index is 11.9. The van der Waals surface area contributed by atoms with Crippen molar-refractivity contribution in [3.8, 4) is 0 Å². The lowest BCUT2D eigenvalue weighted by Crippen LogP contribution is -2.17. The first-order valence-electron chi connectivity index (χ1n) is 6.06. The Bertz CT molecular complexity index is 860. The van der Waals surface area contributed by atoms with Crippen LogP contribution in [0.2, 0.25) is 5.02 Å². The van der Waals surface area contributed by atoms with E-state index in [1.54, 1.807) is 30.3 Å². The minimum Gasteiger partial charge on any atom is -0.260 e. The van der Waals surface area contributed by atoms with Crippen molar-refractivity contribution in [2.45, 2.75) is 4.90 Å². The van der Waals surface area contributed by atoms with Gasteiger partial charge in [0.1, 0.15) is 4.90 Å². The summed E-state index contributed by atoms with van der Waals surface area (Å²) < 4.78 is 27.4. The van der Waals surface area contributed by atoms with Crippen LogP contribution < -0.4 is 5.43 Å². The molecule has 21 heavy (non-hydrogen) atoms. The number of amidine groups is 1. The Hall–Kier alpha value is -2.18. The van der Waals surface area contributed by atoms with Gasteiger partial charge in [-0.25, -0.2) is 0 Å². The van der Waals surface area contributed by atoms with Crippen molar-refractivity contribution < 1.29 is 8.42 Å². The molecule has 2 aromatic carbocycles. The van der Waals surface area contributed by atoms with Crippen LogP contribution in [0.25, 0.3) is 0 Å². The molecule has 0 amide bonds. The standard InChI is InChI=1S/C14H10ClN3O2S/c15-12-7-3-1-5-10(12)9-16-17-14-11-6-2-4-8-13(11)21(19,20)18-14/h1-9H,(H,17,18). The molecule has 1 N–H and O–H groups in total. The van der Waals surface area contributed by atoms with Crippen molar-refractivity contribution >= 4 is 33.7 Å². The molecule has 1 heterocycles. The van der Waals surface area contributed by atoms with Crippen LogP contribution in [0.5, 0.6) is 0 Å². The largest absolute Gasteiger partial charge is 0.285 e. The molecule has 0 fully saturated rings. The summed E-state index contributed by atoms with van der Waals surface area (Å²) in [5.74, 6) is 0.203. The molecule has 2 aromatic rings. The van der Waals surface area contributed by atoms with Crippen LogP contribution in [0.1, 0.15) is 11.1 Å². The summed E-state index contributed by atoms with van der Waals surface area (Å²) in [7, 11) is -3.63. The van der Waals surface area contributed by atoms with Crippen LogP contribution in [0.15, 0.2) is 62.9 Å². The van der Waals surface area contributed by atoms with E-state index in [1.165, 1.54) is 12.3 Å². The first-order chi connectivity index (χ1) is 10.1. The molecule has 0 spiro atoms. The molecule has 0 saturated carbocycles. The Kier molecular flexibility index (Phi) is 3.48. The Labute approximate surface area is 127 Å². The van der Waals surface area contributed by atoms with Crippen molar-refractivity contribution in [3.05, 3.63) is 64.7 Å². The lowest BCUT2D eigenvalue weighted by atomic mass is 10.2. The third kappa shape index (κ3) is 2.68. The number of sulfonamides is 1. The van der Waals surface area contributed by atoms with E-state index < -0.39 is 10.0 Å². The van der Waals surface area contributed by atoms with Gasteiger partial charge in [-0.1, -0.05) is 41.9 Å². The van der Waals surface area contributed by atoms with Gasteiger partial charge in [-0.3, -0.25) is 5.43 Å². The molecule has 1 aliphatic rings. The lowest BCUT2D eigenvalue weighted by Gasteiger charge is -2.00. The molecule has 3 rings (SSSR count). The molecular weight excluding hydrogens is 310 g/mol. The number of rotatable bonds is 2. The highest BCUT2D eigenvalue weighted by Crippen LogP contribution is 2.24. The summed E-state index contributed by atoms with van der Waals surface area (Å²) in [4.78, 5) is 0.181. The highest BCUT2D eigenvalue weighted by atomic mass is 35.5. The third-order valence-corrected chi connectivity index (χ3v) is 4.59. The number of benzene rings is 2. The van der Waals surface area contributed by atoms with E-state index in [2.05, 4.69) is 14.9 Å². The van der Waals surface area contributed by atoms with Gasteiger partial charge in [0.15, 0.2) is 5.84 Å². The predicted octanol–water partition coefficient (Wildman–Crippen LogP) is 2.41. The van der Waals surface area contributed by atoms with Gasteiger partial charge in [0.25, 0.3) is 10.0 Å². The second-order valence-electron chi connectivity index (χ2n) is 4.30. The van der Waals surface area contributed by atoms with Crippen LogP contribution in [0.3, 0.4) is 0 Å². The zero-order valence-corrected chi connectivity index (χ0v) is 12.3. The molecule has 0 unspecified atom stereocenters. The van der Waals surface area contributed by atoms with Gasteiger partial charge in [-0.15, -0.1) is 4.40 Å². The number of hydrazone groups is 1. The minimum atomic E-state index is -3.63. The summed E-state index contributed by atoms with van der Waals surface area (Å²) in [6.45, 7) is 0. The number of halogens is 1. The fraction of sp³-hybridized carbons (Fsp3) is 0. The van der Waals surface area contributed by atoms with Crippen molar-refractivity contribution in [2.24, 2.45) is 9.50 Å². The molecule has 7 heteroatoms. The van der Waals surface area contributed by atoms with Gasteiger partial charge < -0.3 is 0 Å². The van der Waals surface area contributed by atoms with E-state index in [-0.39, 0.29) is 10.7 Å². The van der Waals surface area contributed by atoms with Crippen LogP contribution >= 0.6 is 11.6 Å². The third-order valence-electron chi connectivity index (χ3n) is 2.91. The van der Waals surface area contributed by atoms with E-state index in [4.69, 9.17) is 11.6 Å². The zero-order valence-electron chi connectivity index (χ0n) is 10.7. The van der Waals surface area contributed by atoms with Gasteiger partial charge in [-0.2, -0.15) is 13.5 Å². The minimum absolute atomic E-state index is 0.181. The van der Waals surface area contributed by atoms with Crippen LogP contribution in [0.4, 0.5) is 0 Å². The number of hydrogen-bond acceptors (Lipinski definition) is 4. The molecule has 106 valence electrons. The second kappa shape index (κ2) is 5.31. The van der Waals surface area contributed by atoms with Gasteiger partial charge in [0.2, 0.25) is 0 Å². The summed E-state index contributed by atoms with van der Waals surface area (Å²) in [6.07, 6.45) is 1.51. The molecule has 5 nitrogen and oxygen atoms in total. The normalized spacial score (nSPS) is 15.8. The highest BCUT2D eigenvalue weighted by molar-refractivity contribution is 7.90. The van der Waals surface area contributed by atoms with Crippen molar-refractivity contribution in [3.63, 3.8) is 0 Å². The molecule has 0 bridgehead atoms. The fourth-order valence-electron chi connectivity index (χ4n) is 1.93. The first kappa shape index (κ1) is 13.8. The van der Waals surface area contributed by atoms with E-state index in [9.17, 15) is 8.42 Å². The van der Waals surface area contributed by atoms with E-state index in [0.717, 1.165) is 5.56 Å². The average Bonchev–Trinajstić information content (AvgIpc) is 2.73. The highest BCUT2D eigenvalue weighted by Gasteiger charge is 2.28. The van der Waals surface area contributed by atoms with Crippen LogP contribution in [0, 0.1) is 0 Å². The quantitative estimate of drug-likeness (QED) is 0.682. The Morgan fingerprint density at radius 3 is 2.62 bits per heavy atom. The van der Waals surface area contributed by atoms with E-state index in [0.29, 0.717) is 10.6 Å². The summed E-state index contributed by atoms with van der Waals surface area (Å²) in [5, 5.41) is 4.55. The summed E-state index contributed by atoms with van der Waals surface area (Å²) in [5.41, 5.74) is 3.88. The van der Waals surface area contributed by atoms with Gasteiger partial charge in [0, 0.05) is 16.1 Å². The van der Waals surface area contributed by atoms with Gasteiger partial charge in [0.05, 0.1) is 6.21 Å². The lowest BCUT2D eigenvalue weighted by molar-refractivity contribution is 0.599. The second-order valence-corrected chi connectivity index (χ2v) is 6.28. The SMILES string of the molecule is O=S1(=O)N=C(NN=Cc2ccccc2Cl)c2ccccc21. The Balaban J connectivity index is 1.86. The first-order valence-corrected chi connectivity index (χ1v) is 7.88. The number of hydrogen-bond donors (Lipinski definition) is 1. The predicted molar refractivity (Wildman–Crippen MR) is 82.3 cm³/mol. The molecular formula is C14H10ClN3O2S. The Morgan fingerprint density at radius 2 is 1.81 bits per heavy atom. The molecule has 0 atom stereocenters. The summed E-state index contributed by atoms with van der Waals surface area (Å²) >= 11 is 6.00. The maximum Gasteiger partial charge on any atom is 0.285 e. The number of fused-ring (bicyclic) bond motifs is 1. The molecule has 0 aliphatic carbocycles. The molecule has 0 aromatic heterocycles. The number of nitrogens with one attached hydrogen (secondary N) is 1. The van der Waals surface area contributed by atoms with Gasteiger partial charge in [-0.05, 0) is 18.2 Å². The Morgan fingerprint density at radius 1 is 1.10 bits per heavy atom. The van der Waals surface area contributed by atoms with Crippen molar-refractivity contribution in [1.82, 2.24) is 5.43 Å². The fourth-order valence-corrected chi connectivity index (χ4v) is 3.28. The van der Waals surface area contributed by atoms with Crippen LogP contribution in [-0.4, -0.2) is 20.5 Å². The van der Waals surface area contributed by atoms with Crippen molar-refractivity contribution in [2.75, 3.05) is 0 Å². The smallest absolute Gasteiger partial charge is 0.260 e. The number of nitrogens with zero attached hydrogens (tertiary/aromatic N) is 2. The van der Waals surface area contributed by atoms with E-state index in [1.807, 2.05) is 12.1 Å². The monoisotopic (exact) mass is 319 g/mol. The topological polar surface area (TPSA) is 70.9 Å². The molecule has 1 aliphatic heterocycles. The average molecular weight is 320 g/mol. The summed E-state index contributed by atoms with van der Waals surface area (Å²) in [6, 6.07) is 13.8. The zero-order chi connectivity index (χ0) is 14.9. The molecule has 0 saturated heterocycles. The maximum atomic E-state index is 11.9. The van der Waals surface area contributed by atoms with Crippen molar-refractivity contribution in [1.29, 1.82) is 0 Å². The van der Waals surface area contributed by atoms with E-state index >= 15 is 0 Å².